The molecule has 0 aliphatic rings. The Morgan fingerprint density at radius 1 is 1.33 bits per heavy atom. The third kappa shape index (κ3) is 4.44. The van der Waals surface area contributed by atoms with Gasteiger partial charge in [0.25, 0.3) is 0 Å². The minimum Gasteiger partial charge on any atom is -0.271 e. The van der Waals surface area contributed by atoms with E-state index in [1.54, 1.807) is 0 Å². The predicted octanol–water partition coefficient (Wildman–Crippen LogP) is 3.72. The van der Waals surface area contributed by atoms with Gasteiger partial charge in [0.05, 0.1) is 5.02 Å². The Labute approximate surface area is 107 Å². The second-order valence-electron chi connectivity index (χ2n) is 3.87. The monoisotopic (exact) mass is 284 g/mol. The molecule has 0 amide bonds. The molecule has 3 N–H and O–H groups in total. The van der Waals surface area contributed by atoms with Crippen LogP contribution in [0.4, 0.5) is 17.6 Å². The minimum absolute atomic E-state index is 0.0767. The molecular formula is C11H13ClF4N2. The standard InChI is InChI=1S/C11H13ClF4N2/c12-8-4-1-3-7(10(8)13)9(18-17)5-2-6-11(14,15)16/h1,3-4,9,18H,2,5-6,17H2. The Hall–Kier alpha value is -0.850. The topological polar surface area (TPSA) is 38.0 Å². The summed E-state index contributed by atoms with van der Waals surface area (Å²) in [6.07, 6.45) is -5.20. The van der Waals surface area contributed by atoms with Gasteiger partial charge in [0, 0.05) is 18.0 Å². The van der Waals surface area contributed by atoms with Gasteiger partial charge in [-0.25, -0.2) is 4.39 Å². The highest BCUT2D eigenvalue weighted by Gasteiger charge is 2.27. The lowest BCUT2D eigenvalue weighted by molar-refractivity contribution is -0.135. The number of hydrogen-bond donors (Lipinski definition) is 2. The molecule has 1 rings (SSSR count). The number of rotatable bonds is 5. The summed E-state index contributed by atoms with van der Waals surface area (Å²) in [6.45, 7) is 0. The molecule has 0 radical (unpaired) electrons. The summed E-state index contributed by atoms with van der Waals surface area (Å²) in [4.78, 5) is 0. The van der Waals surface area contributed by atoms with Crippen LogP contribution < -0.4 is 11.3 Å². The minimum atomic E-state index is -4.22. The van der Waals surface area contributed by atoms with Crippen molar-refractivity contribution in [3.63, 3.8) is 0 Å². The molecule has 0 fully saturated rings. The highest BCUT2D eigenvalue weighted by Crippen LogP contribution is 2.29. The molecule has 0 bridgehead atoms. The molecule has 0 aromatic heterocycles. The number of halogens is 5. The van der Waals surface area contributed by atoms with Gasteiger partial charge in [-0.15, -0.1) is 0 Å². The number of benzene rings is 1. The zero-order valence-electron chi connectivity index (χ0n) is 9.40. The van der Waals surface area contributed by atoms with E-state index in [1.807, 2.05) is 0 Å². The molecule has 18 heavy (non-hydrogen) atoms. The number of hydrogen-bond acceptors (Lipinski definition) is 2. The van der Waals surface area contributed by atoms with Gasteiger partial charge in [-0.1, -0.05) is 23.7 Å². The fourth-order valence-electron chi connectivity index (χ4n) is 1.62. The molecule has 2 nitrogen and oxygen atoms in total. The summed E-state index contributed by atoms with van der Waals surface area (Å²) in [7, 11) is 0. The van der Waals surface area contributed by atoms with Gasteiger partial charge >= 0.3 is 6.18 Å². The second-order valence-corrected chi connectivity index (χ2v) is 4.28. The van der Waals surface area contributed by atoms with Gasteiger partial charge in [0.1, 0.15) is 5.82 Å². The van der Waals surface area contributed by atoms with Crippen molar-refractivity contribution >= 4 is 11.6 Å². The van der Waals surface area contributed by atoms with Crippen molar-refractivity contribution in [2.24, 2.45) is 5.84 Å². The third-order valence-electron chi connectivity index (χ3n) is 2.51. The molecule has 1 atom stereocenters. The summed E-state index contributed by atoms with van der Waals surface area (Å²) in [6, 6.07) is 3.64. The lowest BCUT2D eigenvalue weighted by atomic mass is 10.0. The molecule has 0 aliphatic carbocycles. The van der Waals surface area contributed by atoms with E-state index in [0.29, 0.717) is 0 Å². The van der Waals surface area contributed by atoms with Crippen molar-refractivity contribution in [2.75, 3.05) is 0 Å². The molecule has 0 aliphatic heterocycles. The summed E-state index contributed by atoms with van der Waals surface area (Å²) >= 11 is 5.60. The van der Waals surface area contributed by atoms with E-state index in [4.69, 9.17) is 17.4 Å². The van der Waals surface area contributed by atoms with Gasteiger partial charge in [-0.3, -0.25) is 11.3 Å². The fourth-order valence-corrected chi connectivity index (χ4v) is 1.81. The van der Waals surface area contributed by atoms with Crippen molar-refractivity contribution in [1.29, 1.82) is 0 Å². The quantitative estimate of drug-likeness (QED) is 0.491. The zero-order chi connectivity index (χ0) is 13.8. The highest BCUT2D eigenvalue weighted by molar-refractivity contribution is 6.30. The Bertz CT molecular complexity index is 395. The van der Waals surface area contributed by atoms with E-state index >= 15 is 0 Å². The Morgan fingerprint density at radius 2 is 2.00 bits per heavy atom. The highest BCUT2D eigenvalue weighted by atomic mass is 35.5. The number of nitrogens with one attached hydrogen (secondary N) is 1. The first-order chi connectivity index (χ1) is 8.35. The van der Waals surface area contributed by atoms with Gasteiger partial charge in [0.15, 0.2) is 0 Å². The van der Waals surface area contributed by atoms with Crippen LogP contribution in [0.15, 0.2) is 18.2 Å². The van der Waals surface area contributed by atoms with Crippen molar-refractivity contribution in [3.8, 4) is 0 Å². The van der Waals surface area contributed by atoms with Crippen LogP contribution in [0.1, 0.15) is 30.9 Å². The molecule has 0 saturated carbocycles. The van der Waals surface area contributed by atoms with Gasteiger partial charge < -0.3 is 0 Å². The van der Waals surface area contributed by atoms with Gasteiger partial charge in [0.2, 0.25) is 0 Å². The third-order valence-corrected chi connectivity index (χ3v) is 2.80. The van der Waals surface area contributed by atoms with E-state index in [2.05, 4.69) is 5.43 Å². The largest absolute Gasteiger partial charge is 0.389 e. The lowest BCUT2D eigenvalue weighted by Gasteiger charge is -2.17. The van der Waals surface area contributed by atoms with Crippen LogP contribution in [-0.4, -0.2) is 6.18 Å². The Kier molecular flexibility index (Phi) is 5.37. The smallest absolute Gasteiger partial charge is 0.271 e. The van der Waals surface area contributed by atoms with E-state index in [0.717, 1.165) is 0 Å². The molecule has 1 aromatic carbocycles. The fraction of sp³-hybridized carbons (Fsp3) is 0.455. The summed E-state index contributed by atoms with van der Waals surface area (Å²) in [5.74, 6) is 4.57. The molecule has 102 valence electrons. The second kappa shape index (κ2) is 6.36. The van der Waals surface area contributed by atoms with Crippen molar-refractivity contribution < 1.29 is 17.6 Å². The maximum Gasteiger partial charge on any atom is 0.389 e. The number of nitrogens with two attached hydrogens (primary N) is 1. The van der Waals surface area contributed by atoms with Gasteiger partial charge in [-0.05, 0) is 18.9 Å². The molecule has 1 aromatic rings. The first kappa shape index (κ1) is 15.2. The van der Waals surface area contributed by atoms with E-state index in [1.165, 1.54) is 18.2 Å². The molecular weight excluding hydrogens is 272 g/mol. The Morgan fingerprint density at radius 3 is 2.56 bits per heavy atom. The van der Waals surface area contributed by atoms with Crippen LogP contribution in [0, 0.1) is 5.82 Å². The van der Waals surface area contributed by atoms with E-state index in [9.17, 15) is 17.6 Å². The zero-order valence-corrected chi connectivity index (χ0v) is 10.2. The number of hydrazine groups is 1. The van der Waals surface area contributed by atoms with Crippen LogP contribution in [0.5, 0.6) is 0 Å². The first-order valence-corrected chi connectivity index (χ1v) is 5.69. The van der Waals surface area contributed by atoms with E-state index < -0.39 is 24.5 Å². The van der Waals surface area contributed by atoms with Crippen LogP contribution in [0.2, 0.25) is 5.02 Å². The SMILES string of the molecule is NNC(CCCC(F)(F)F)c1cccc(Cl)c1F. The average Bonchev–Trinajstić information content (AvgIpc) is 2.27. The molecule has 0 saturated heterocycles. The van der Waals surface area contributed by atoms with Crippen LogP contribution in [0.3, 0.4) is 0 Å². The lowest BCUT2D eigenvalue weighted by Crippen LogP contribution is -2.29. The summed E-state index contributed by atoms with van der Waals surface area (Å²) in [5.41, 5.74) is 2.48. The summed E-state index contributed by atoms with van der Waals surface area (Å²) < 4.78 is 49.7. The van der Waals surface area contributed by atoms with Crippen LogP contribution >= 0.6 is 11.6 Å². The normalized spacial score (nSPS) is 13.7. The summed E-state index contributed by atoms with van der Waals surface area (Å²) in [5, 5.41) is -0.0800. The predicted molar refractivity (Wildman–Crippen MR) is 61.4 cm³/mol. The van der Waals surface area contributed by atoms with Crippen molar-refractivity contribution in [1.82, 2.24) is 5.43 Å². The molecule has 0 heterocycles. The van der Waals surface area contributed by atoms with E-state index in [-0.39, 0.29) is 23.4 Å². The Balaban J connectivity index is 2.69. The van der Waals surface area contributed by atoms with Crippen molar-refractivity contribution in [2.45, 2.75) is 31.5 Å². The number of alkyl halides is 3. The molecule has 7 heteroatoms. The first-order valence-electron chi connectivity index (χ1n) is 5.32. The average molecular weight is 285 g/mol. The van der Waals surface area contributed by atoms with Gasteiger partial charge in [-0.2, -0.15) is 13.2 Å². The van der Waals surface area contributed by atoms with Crippen molar-refractivity contribution in [3.05, 3.63) is 34.6 Å². The van der Waals surface area contributed by atoms with Crippen LogP contribution in [0.25, 0.3) is 0 Å². The van der Waals surface area contributed by atoms with Crippen LogP contribution in [-0.2, 0) is 0 Å². The molecule has 0 spiro atoms. The maximum atomic E-state index is 13.7. The maximum absolute atomic E-state index is 13.7. The molecule has 1 unspecified atom stereocenters.